The number of ether oxygens (including phenoxy) is 1. The molecule has 1 aliphatic heterocycles. The first kappa shape index (κ1) is 22.9. The lowest BCUT2D eigenvalue weighted by Crippen LogP contribution is -2.31. The highest BCUT2D eigenvalue weighted by Crippen LogP contribution is 2.26. The lowest BCUT2D eigenvalue weighted by atomic mass is 9.90. The summed E-state index contributed by atoms with van der Waals surface area (Å²) in [6.45, 7) is 4.19. The van der Waals surface area contributed by atoms with Gasteiger partial charge in [-0.2, -0.15) is 0 Å². The second kappa shape index (κ2) is 13.5. The van der Waals surface area contributed by atoms with E-state index in [0.29, 0.717) is 6.04 Å². The van der Waals surface area contributed by atoms with Crippen molar-refractivity contribution in [1.82, 2.24) is 5.32 Å². The third-order valence-electron chi connectivity index (χ3n) is 6.35. The van der Waals surface area contributed by atoms with Gasteiger partial charge in [0, 0.05) is 6.04 Å². The fourth-order valence-corrected chi connectivity index (χ4v) is 4.51. The Kier molecular flexibility index (Phi) is 10.3. The number of fused-ring (bicyclic) bond motifs is 1. The maximum Gasteiger partial charge on any atom is 0.119 e. The van der Waals surface area contributed by atoms with Gasteiger partial charge in [0.15, 0.2) is 0 Å². The Morgan fingerprint density at radius 2 is 1.47 bits per heavy atom. The molecule has 0 fully saturated rings. The van der Waals surface area contributed by atoms with Gasteiger partial charge >= 0.3 is 0 Å². The molecule has 1 atom stereocenters. The minimum Gasteiger partial charge on any atom is -0.494 e. The molecule has 164 valence electrons. The number of rotatable bonds is 14. The molecule has 1 heterocycles. The molecule has 2 heteroatoms. The van der Waals surface area contributed by atoms with E-state index in [0.717, 1.165) is 31.7 Å². The van der Waals surface area contributed by atoms with Crippen LogP contribution >= 0.6 is 0 Å². The van der Waals surface area contributed by atoms with Crippen LogP contribution in [0.15, 0.2) is 48.5 Å². The third-order valence-corrected chi connectivity index (χ3v) is 6.35. The van der Waals surface area contributed by atoms with E-state index in [1.165, 1.54) is 80.9 Å². The average Bonchev–Trinajstić information content (AvgIpc) is 2.79. The molecule has 0 aromatic heterocycles. The maximum absolute atomic E-state index is 5.96. The highest BCUT2D eigenvalue weighted by atomic mass is 16.5. The molecule has 1 N–H and O–H groups in total. The molecule has 2 aromatic rings. The Balaban J connectivity index is 1.28. The largest absolute Gasteiger partial charge is 0.494 e. The van der Waals surface area contributed by atoms with Crippen LogP contribution in [0.2, 0.25) is 0 Å². The van der Waals surface area contributed by atoms with Crippen molar-refractivity contribution in [3.8, 4) is 5.75 Å². The SMILES string of the molecule is CCCCCCCCCCCCOc1ccc(CC2NCCc3ccccc32)cc1. The normalized spacial score (nSPS) is 15.7. The highest BCUT2D eigenvalue weighted by Gasteiger charge is 2.19. The molecule has 0 saturated carbocycles. The first-order valence-electron chi connectivity index (χ1n) is 12.4. The molecule has 2 aromatic carbocycles. The summed E-state index contributed by atoms with van der Waals surface area (Å²) in [5.41, 5.74) is 4.33. The van der Waals surface area contributed by atoms with Crippen molar-refractivity contribution >= 4 is 0 Å². The van der Waals surface area contributed by atoms with E-state index in [-0.39, 0.29) is 0 Å². The summed E-state index contributed by atoms with van der Waals surface area (Å²) < 4.78 is 5.96. The van der Waals surface area contributed by atoms with E-state index in [2.05, 4.69) is 60.8 Å². The number of unbranched alkanes of at least 4 members (excludes halogenated alkanes) is 9. The summed E-state index contributed by atoms with van der Waals surface area (Å²) >= 11 is 0. The molecule has 0 amide bonds. The van der Waals surface area contributed by atoms with E-state index >= 15 is 0 Å². The lowest BCUT2D eigenvalue weighted by Gasteiger charge is -2.27. The van der Waals surface area contributed by atoms with Gasteiger partial charge in [-0.1, -0.05) is 101 Å². The molecule has 1 aliphatic rings. The van der Waals surface area contributed by atoms with Gasteiger partial charge < -0.3 is 10.1 Å². The number of hydrogen-bond donors (Lipinski definition) is 1. The molecular weight excluding hydrogens is 366 g/mol. The van der Waals surface area contributed by atoms with Crippen LogP contribution in [0.5, 0.6) is 5.75 Å². The topological polar surface area (TPSA) is 21.3 Å². The van der Waals surface area contributed by atoms with Crippen LogP contribution < -0.4 is 10.1 Å². The minimum absolute atomic E-state index is 0.424. The first-order chi connectivity index (χ1) is 14.9. The summed E-state index contributed by atoms with van der Waals surface area (Å²) in [5.74, 6) is 1.01. The van der Waals surface area contributed by atoms with Crippen molar-refractivity contribution in [1.29, 1.82) is 0 Å². The van der Waals surface area contributed by atoms with Crippen molar-refractivity contribution in [3.63, 3.8) is 0 Å². The van der Waals surface area contributed by atoms with E-state index < -0.39 is 0 Å². The molecule has 0 bridgehead atoms. The van der Waals surface area contributed by atoms with E-state index in [4.69, 9.17) is 4.74 Å². The molecule has 3 rings (SSSR count). The molecule has 30 heavy (non-hydrogen) atoms. The minimum atomic E-state index is 0.424. The predicted molar refractivity (Wildman–Crippen MR) is 128 cm³/mol. The Labute approximate surface area is 184 Å². The summed E-state index contributed by atoms with van der Waals surface area (Å²) in [6.07, 6.45) is 15.8. The van der Waals surface area contributed by atoms with E-state index in [1.54, 1.807) is 0 Å². The molecule has 0 aliphatic carbocycles. The van der Waals surface area contributed by atoms with Crippen LogP contribution in [-0.2, 0) is 12.8 Å². The Morgan fingerprint density at radius 1 is 0.800 bits per heavy atom. The highest BCUT2D eigenvalue weighted by molar-refractivity contribution is 5.35. The number of hydrogen-bond acceptors (Lipinski definition) is 2. The molecule has 0 spiro atoms. The lowest BCUT2D eigenvalue weighted by molar-refractivity contribution is 0.304. The smallest absolute Gasteiger partial charge is 0.119 e. The zero-order valence-electron chi connectivity index (χ0n) is 19.0. The van der Waals surface area contributed by atoms with Crippen molar-refractivity contribution < 1.29 is 4.74 Å². The second-order valence-corrected chi connectivity index (χ2v) is 8.83. The predicted octanol–water partition coefficient (Wildman–Crippen LogP) is 7.42. The Morgan fingerprint density at radius 3 is 2.20 bits per heavy atom. The zero-order valence-corrected chi connectivity index (χ0v) is 19.0. The number of benzene rings is 2. The first-order valence-corrected chi connectivity index (χ1v) is 12.4. The van der Waals surface area contributed by atoms with Gasteiger partial charge in [-0.05, 0) is 54.6 Å². The summed E-state index contributed by atoms with van der Waals surface area (Å²) in [5, 5.41) is 3.68. The van der Waals surface area contributed by atoms with Gasteiger partial charge in [0.2, 0.25) is 0 Å². The van der Waals surface area contributed by atoms with Crippen LogP contribution in [-0.4, -0.2) is 13.2 Å². The van der Waals surface area contributed by atoms with Gasteiger partial charge in [0.05, 0.1) is 6.61 Å². The van der Waals surface area contributed by atoms with Crippen LogP contribution in [0.3, 0.4) is 0 Å². The van der Waals surface area contributed by atoms with Gasteiger partial charge in [-0.15, -0.1) is 0 Å². The summed E-state index contributed by atoms with van der Waals surface area (Å²) in [7, 11) is 0. The summed E-state index contributed by atoms with van der Waals surface area (Å²) in [6, 6.07) is 18.0. The maximum atomic E-state index is 5.96. The standard InChI is InChI=1S/C28H41NO/c1-2-3-4-5-6-7-8-9-10-13-22-30-26-18-16-24(17-19-26)23-28-27-15-12-11-14-25(27)20-21-29-28/h11-12,14-19,28-29H,2-10,13,20-23H2,1H3. The second-order valence-electron chi connectivity index (χ2n) is 8.83. The van der Waals surface area contributed by atoms with Crippen LogP contribution in [0.1, 0.15) is 93.9 Å². The van der Waals surface area contributed by atoms with Gasteiger partial charge in [0.25, 0.3) is 0 Å². The Hall–Kier alpha value is -1.80. The molecule has 0 saturated heterocycles. The zero-order chi connectivity index (χ0) is 20.9. The van der Waals surface area contributed by atoms with E-state index in [1.807, 2.05) is 0 Å². The molecular formula is C28H41NO. The van der Waals surface area contributed by atoms with E-state index in [9.17, 15) is 0 Å². The monoisotopic (exact) mass is 407 g/mol. The van der Waals surface area contributed by atoms with Crippen LogP contribution in [0.4, 0.5) is 0 Å². The van der Waals surface area contributed by atoms with Gasteiger partial charge in [-0.3, -0.25) is 0 Å². The quantitative estimate of drug-likeness (QED) is 0.329. The molecule has 2 nitrogen and oxygen atoms in total. The van der Waals surface area contributed by atoms with Crippen LogP contribution in [0.25, 0.3) is 0 Å². The van der Waals surface area contributed by atoms with Gasteiger partial charge in [-0.25, -0.2) is 0 Å². The molecule has 0 radical (unpaired) electrons. The van der Waals surface area contributed by atoms with Crippen molar-refractivity contribution in [2.75, 3.05) is 13.2 Å². The summed E-state index contributed by atoms with van der Waals surface area (Å²) in [4.78, 5) is 0. The Bertz CT molecular complexity index is 709. The third kappa shape index (κ3) is 7.80. The van der Waals surface area contributed by atoms with Crippen molar-refractivity contribution in [3.05, 3.63) is 65.2 Å². The average molecular weight is 408 g/mol. The van der Waals surface area contributed by atoms with Crippen molar-refractivity contribution in [2.45, 2.75) is 90.0 Å². The van der Waals surface area contributed by atoms with Gasteiger partial charge in [0.1, 0.15) is 5.75 Å². The number of nitrogens with one attached hydrogen (secondary N) is 1. The van der Waals surface area contributed by atoms with Crippen LogP contribution in [0, 0.1) is 0 Å². The van der Waals surface area contributed by atoms with Crippen molar-refractivity contribution in [2.24, 2.45) is 0 Å². The fourth-order valence-electron chi connectivity index (χ4n) is 4.51. The fraction of sp³-hybridized carbons (Fsp3) is 0.571. The molecule has 1 unspecified atom stereocenters.